The van der Waals surface area contributed by atoms with Crippen molar-refractivity contribution in [3.05, 3.63) is 99.8 Å². The van der Waals surface area contributed by atoms with Crippen LogP contribution in [0.4, 0.5) is 0 Å². The van der Waals surface area contributed by atoms with Gasteiger partial charge in [-0.25, -0.2) is 16.4 Å². The number of hydrogen-bond donors (Lipinski definition) is 3. The van der Waals surface area contributed by atoms with Gasteiger partial charge in [-0.05, 0) is 58.9 Å². The first-order chi connectivity index (χ1) is 16.1. The molecule has 5 N–H and O–H groups in total. The van der Waals surface area contributed by atoms with E-state index in [2.05, 4.69) is 70.0 Å². The van der Waals surface area contributed by atoms with Gasteiger partial charge in [-0.2, -0.15) is 0 Å². The van der Waals surface area contributed by atoms with Gasteiger partial charge in [0.2, 0.25) is 0 Å². The Labute approximate surface area is 202 Å². The van der Waals surface area contributed by atoms with Gasteiger partial charge in [-0.3, -0.25) is 4.98 Å². The number of thiazole rings is 1. The molecule has 4 aromatic rings. The van der Waals surface area contributed by atoms with E-state index in [9.17, 15) is 0 Å². The quantitative estimate of drug-likeness (QED) is 0.136. The van der Waals surface area contributed by atoms with Crippen molar-refractivity contribution in [1.29, 1.82) is 0 Å². The number of pyridine rings is 1. The molecule has 2 aromatic carbocycles. The van der Waals surface area contributed by atoms with Crippen LogP contribution < -0.4 is 17.1 Å². The molecular formula is C25H25ClN6S. The van der Waals surface area contributed by atoms with E-state index in [4.69, 9.17) is 23.2 Å². The Bertz CT molecular complexity index is 1280. The number of hydrazone groups is 1. The number of hydrogen-bond acceptors (Lipinski definition) is 6. The highest BCUT2D eigenvalue weighted by Gasteiger charge is 2.27. The summed E-state index contributed by atoms with van der Waals surface area (Å²) in [4.78, 5) is 8.72. The topological polar surface area (TPSA) is 102 Å². The van der Waals surface area contributed by atoms with Crippen molar-refractivity contribution in [3.8, 4) is 0 Å². The molecular weight excluding hydrogens is 452 g/mol. The largest absolute Gasteiger partial charge is 0.382 e. The van der Waals surface area contributed by atoms with Crippen LogP contribution in [0.25, 0.3) is 16.3 Å². The van der Waals surface area contributed by atoms with E-state index in [1.165, 1.54) is 15.8 Å². The summed E-state index contributed by atoms with van der Waals surface area (Å²) in [5.41, 5.74) is 15.4. The van der Waals surface area contributed by atoms with E-state index >= 15 is 0 Å². The van der Waals surface area contributed by atoms with Crippen molar-refractivity contribution in [1.82, 2.24) is 15.5 Å². The highest BCUT2D eigenvalue weighted by atomic mass is 35.5. The highest BCUT2D eigenvalue weighted by Crippen LogP contribution is 2.43. The molecule has 4 rings (SSSR count). The number of rotatable bonds is 8. The molecule has 0 aliphatic carbocycles. The molecule has 8 heteroatoms. The first-order valence-electron chi connectivity index (χ1n) is 10.6. The summed E-state index contributed by atoms with van der Waals surface area (Å²) in [6.07, 6.45) is 8.04. The van der Waals surface area contributed by atoms with E-state index in [-0.39, 0.29) is 11.8 Å². The predicted molar refractivity (Wildman–Crippen MR) is 138 cm³/mol. The Kier molecular flexibility index (Phi) is 7.34. The number of nitrogens with zero attached hydrogens (tertiary/aromatic N) is 3. The van der Waals surface area contributed by atoms with Crippen LogP contribution in [-0.2, 0) is 0 Å². The smallest absolute Gasteiger partial charge is 0.144 e. The monoisotopic (exact) mass is 476 g/mol. The molecule has 168 valence electrons. The number of amidine groups is 1. The zero-order chi connectivity index (χ0) is 23.2. The number of halogens is 1. The van der Waals surface area contributed by atoms with Gasteiger partial charge in [-0.1, -0.05) is 54.9 Å². The lowest BCUT2D eigenvalue weighted by Gasteiger charge is -2.28. The van der Waals surface area contributed by atoms with Crippen LogP contribution in [0.1, 0.15) is 47.4 Å². The summed E-state index contributed by atoms with van der Waals surface area (Å²) in [7, 11) is 0. The lowest BCUT2D eigenvalue weighted by atomic mass is 9.76. The van der Waals surface area contributed by atoms with Gasteiger partial charge >= 0.3 is 0 Å². The highest BCUT2D eigenvalue weighted by molar-refractivity contribution is 7.16. The van der Waals surface area contributed by atoms with Gasteiger partial charge in [0.25, 0.3) is 0 Å². The minimum Gasteiger partial charge on any atom is -0.382 e. The van der Waals surface area contributed by atoms with Gasteiger partial charge in [0.1, 0.15) is 5.84 Å². The summed E-state index contributed by atoms with van der Waals surface area (Å²) < 4.78 is 1.18. The molecule has 0 radical (unpaired) electrons. The Balaban J connectivity index is 1.77. The SMILES string of the molecule is CCC(c1ccncc1Cl)C(c1ccc(C=CC(N)=NNN)cc1)c1ccc2scnc2c1. The normalized spacial score (nSPS) is 14.0. The predicted octanol–water partition coefficient (Wildman–Crippen LogP) is 5.42. The third-order valence-corrected chi connectivity index (χ3v) is 6.82. The molecule has 0 saturated heterocycles. The van der Waals surface area contributed by atoms with Crippen molar-refractivity contribution in [2.75, 3.05) is 0 Å². The molecule has 0 fully saturated rings. The lowest BCUT2D eigenvalue weighted by Crippen LogP contribution is -2.20. The van der Waals surface area contributed by atoms with Gasteiger partial charge in [0, 0.05) is 18.3 Å². The fourth-order valence-corrected chi connectivity index (χ4v) is 5.07. The van der Waals surface area contributed by atoms with E-state index in [1.54, 1.807) is 29.8 Å². The Morgan fingerprint density at radius 2 is 1.97 bits per heavy atom. The number of hydrazine groups is 1. The summed E-state index contributed by atoms with van der Waals surface area (Å²) in [5.74, 6) is 5.75. The average Bonchev–Trinajstić information content (AvgIpc) is 3.30. The molecule has 2 unspecified atom stereocenters. The molecule has 2 heterocycles. The Morgan fingerprint density at radius 3 is 2.70 bits per heavy atom. The van der Waals surface area contributed by atoms with Crippen LogP contribution in [0, 0.1) is 0 Å². The standard InChI is InChI=1S/C25H25ClN6S/c1-2-19(20-11-12-29-14-21(20)26)25(18-8-9-23-22(13-18)30-15-33-23)17-6-3-16(4-7-17)5-10-24(27)31-32-28/h3-15,19,25,32H,2,28H2,1H3,(H2,27,31). The first-order valence-corrected chi connectivity index (χ1v) is 11.9. The number of fused-ring (bicyclic) bond motifs is 1. The van der Waals surface area contributed by atoms with Crippen LogP contribution >= 0.6 is 22.9 Å². The molecule has 2 aromatic heterocycles. The molecule has 0 spiro atoms. The van der Waals surface area contributed by atoms with Gasteiger partial charge in [0.15, 0.2) is 0 Å². The second-order valence-electron chi connectivity index (χ2n) is 7.63. The van der Waals surface area contributed by atoms with Crippen molar-refractivity contribution >= 4 is 45.1 Å². The Hall–Kier alpha value is -3.26. The Morgan fingerprint density at radius 1 is 1.18 bits per heavy atom. The molecule has 0 amide bonds. The zero-order valence-corrected chi connectivity index (χ0v) is 19.7. The molecule has 2 atom stereocenters. The average molecular weight is 477 g/mol. The maximum atomic E-state index is 6.60. The van der Waals surface area contributed by atoms with Crippen LogP contribution in [-0.4, -0.2) is 15.8 Å². The zero-order valence-electron chi connectivity index (χ0n) is 18.1. The van der Waals surface area contributed by atoms with Crippen LogP contribution in [0.2, 0.25) is 5.02 Å². The van der Waals surface area contributed by atoms with Gasteiger partial charge < -0.3 is 5.73 Å². The summed E-state index contributed by atoms with van der Waals surface area (Å²) >= 11 is 8.25. The minimum atomic E-state index is 0.104. The third kappa shape index (κ3) is 5.22. The van der Waals surface area contributed by atoms with Crippen molar-refractivity contribution in [2.45, 2.75) is 25.2 Å². The number of benzene rings is 2. The van der Waals surface area contributed by atoms with E-state index < -0.39 is 0 Å². The maximum absolute atomic E-state index is 6.60. The van der Waals surface area contributed by atoms with Gasteiger partial charge in [-0.15, -0.1) is 16.4 Å². The summed E-state index contributed by atoms with van der Waals surface area (Å²) in [6, 6.07) is 17.0. The third-order valence-electron chi connectivity index (χ3n) is 5.69. The summed E-state index contributed by atoms with van der Waals surface area (Å²) in [5, 5.41) is 4.42. The van der Waals surface area contributed by atoms with Crippen molar-refractivity contribution in [2.24, 2.45) is 16.7 Å². The van der Waals surface area contributed by atoms with Crippen LogP contribution in [0.5, 0.6) is 0 Å². The van der Waals surface area contributed by atoms with Crippen molar-refractivity contribution in [3.63, 3.8) is 0 Å². The second-order valence-corrected chi connectivity index (χ2v) is 8.93. The van der Waals surface area contributed by atoms with E-state index in [0.29, 0.717) is 10.9 Å². The number of nitrogens with one attached hydrogen (secondary N) is 1. The fourth-order valence-electron chi connectivity index (χ4n) is 4.16. The maximum Gasteiger partial charge on any atom is 0.144 e. The number of aromatic nitrogens is 2. The molecule has 0 aliphatic heterocycles. The second kappa shape index (κ2) is 10.6. The fraction of sp³-hybridized carbons (Fsp3) is 0.160. The summed E-state index contributed by atoms with van der Waals surface area (Å²) in [6.45, 7) is 2.19. The molecule has 6 nitrogen and oxygen atoms in total. The molecule has 0 aliphatic rings. The van der Waals surface area contributed by atoms with Crippen molar-refractivity contribution < 1.29 is 0 Å². The van der Waals surface area contributed by atoms with Crippen LogP contribution in [0.3, 0.4) is 0 Å². The van der Waals surface area contributed by atoms with Gasteiger partial charge in [0.05, 0.1) is 20.7 Å². The first kappa shape index (κ1) is 22.9. The van der Waals surface area contributed by atoms with E-state index in [1.807, 2.05) is 17.7 Å². The molecule has 33 heavy (non-hydrogen) atoms. The minimum absolute atomic E-state index is 0.104. The number of nitrogens with two attached hydrogens (primary N) is 2. The van der Waals surface area contributed by atoms with E-state index in [0.717, 1.165) is 23.1 Å². The lowest BCUT2D eigenvalue weighted by molar-refractivity contribution is 0.585. The van der Waals surface area contributed by atoms with Crippen LogP contribution in [0.15, 0.2) is 77.6 Å². The molecule has 0 bridgehead atoms. The molecule has 0 saturated carbocycles.